The number of rotatable bonds is 7. The summed E-state index contributed by atoms with van der Waals surface area (Å²) in [7, 11) is 0. The molecule has 1 radical (unpaired) electrons. The van der Waals surface area contributed by atoms with Crippen LogP contribution in [-0.2, 0) is 26.5 Å². The van der Waals surface area contributed by atoms with Gasteiger partial charge >= 0.3 is 0 Å². The maximum Gasteiger partial charge on any atom is 0.121 e. The van der Waals surface area contributed by atoms with E-state index in [-0.39, 0.29) is 20.1 Å². The molecule has 0 atom stereocenters. The number of benzene rings is 7. The zero-order valence-electron chi connectivity index (χ0n) is 40.1. The second-order valence-corrected chi connectivity index (χ2v) is 17.0. The van der Waals surface area contributed by atoms with Crippen LogP contribution in [0.5, 0.6) is 0 Å². The van der Waals surface area contributed by atoms with Crippen molar-refractivity contribution >= 4 is 43.7 Å². The molecule has 0 aliphatic rings. The van der Waals surface area contributed by atoms with Crippen molar-refractivity contribution in [2.75, 3.05) is 0 Å². The quantitative estimate of drug-likeness (QED) is 0.149. The molecule has 0 saturated carbocycles. The predicted octanol–water partition coefficient (Wildman–Crippen LogP) is 15.6. The standard InChI is InChI=1S/C32H26NO.C25H25N2.Ir/c1-32(2,3)20-21-11-13-22(14-12-21)25-15-16-33-29(18-25)27-10-6-9-26-28-17-23-7-4-5-8-24(23)19-30(28)34-31(26)27;1-17(2)20-13-10-14-21(18(3)4)24(20)27-23-16-9-8-15-22(23)26-25(27)19-11-6-5-7-12-19;/h4-9,11-19H,20H2,1-3H3;5-11,13-18H,1-4H3;/q2*-1;/i20D2;17D,18D;. The van der Waals surface area contributed by atoms with Crippen LogP contribution in [0.25, 0.3) is 83.2 Å². The van der Waals surface area contributed by atoms with E-state index >= 15 is 0 Å². The largest absolute Gasteiger partial charge is 0.501 e. The van der Waals surface area contributed by atoms with Crippen LogP contribution >= 0.6 is 0 Å². The van der Waals surface area contributed by atoms with Crippen molar-refractivity contribution in [1.29, 1.82) is 0 Å². The smallest absolute Gasteiger partial charge is 0.121 e. The van der Waals surface area contributed by atoms with E-state index in [0.717, 1.165) is 88.9 Å². The topological polar surface area (TPSA) is 43.9 Å². The number of furan rings is 1. The number of pyridine rings is 1. The fourth-order valence-electron chi connectivity index (χ4n) is 8.10. The number of aromatic nitrogens is 3. The van der Waals surface area contributed by atoms with Gasteiger partial charge in [-0.1, -0.05) is 144 Å². The van der Waals surface area contributed by atoms with E-state index in [1.165, 1.54) is 5.39 Å². The van der Waals surface area contributed by atoms with Gasteiger partial charge in [0.05, 0.1) is 22.4 Å². The molecule has 0 aliphatic heterocycles. The Balaban J connectivity index is 0.000000181. The summed E-state index contributed by atoms with van der Waals surface area (Å²) < 4.78 is 43.2. The van der Waals surface area contributed by atoms with Crippen LogP contribution in [0, 0.1) is 17.5 Å². The molecule has 0 fully saturated rings. The molecule has 5 heteroatoms. The summed E-state index contributed by atoms with van der Waals surface area (Å²) in [6.45, 7) is 13.3. The summed E-state index contributed by atoms with van der Waals surface area (Å²) >= 11 is 0. The Kier molecular flexibility index (Phi) is 10.7. The molecule has 4 nitrogen and oxygen atoms in total. The number of nitrogens with zero attached hydrogens (tertiary/aromatic N) is 3. The van der Waals surface area contributed by atoms with Crippen molar-refractivity contribution in [2.24, 2.45) is 5.41 Å². The van der Waals surface area contributed by atoms with E-state index in [1.54, 1.807) is 6.20 Å². The summed E-state index contributed by atoms with van der Waals surface area (Å²) in [5, 5.41) is 4.46. The Morgan fingerprint density at radius 2 is 1.39 bits per heavy atom. The van der Waals surface area contributed by atoms with Gasteiger partial charge in [0.2, 0.25) is 0 Å². The van der Waals surface area contributed by atoms with Gasteiger partial charge in [-0.25, -0.2) is 0 Å². The molecular formula is C57H51IrN3O-2. The van der Waals surface area contributed by atoms with Crippen LogP contribution < -0.4 is 0 Å². The summed E-state index contributed by atoms with van der Waals surface area (Å²) in [6.07, 6.45) is 0.377. The minimum Gasteiger partial charge on any atom is -0.501 e. The summed E-state index contributed by atoms with van der Waals surface area (Å²) in [5.41, 5.74) is 10.8. The molecule has 3 heterocycles. The van der Waals surface area contributed by atoms with E-state index < -0.39 is 23.6 Å². The molecular weight excluding hydrogens is 935 g/mol. The Labute approximate surface area is 384 Å². The number of imidazole rings is 1. The normalized spacial score (nSPS) is 13.2. The third-order valence-electron chi connectivity index (χ3n) is 10.9. The van der Waals surface area contributed by atoms with Crippen LogP contribution in [0.15, 0.2) is 162 Å². The van der Waals surface area contributed by atoms with Crippen molar-refractivity contribution in [2.45, 2.75) is 66.6 Å². The average Bonchev–Trinajstić information content (AvgIpc) is 3.86. The minimum atomic E-state index is -1.42. The first kappa shape index (κ1) is 37.6. The van der Waals surface area contributed by atoms with E-state index in [1.807, 2.05) is 170 Å². The molecule has 10 aromatic rings. The van der Waals surface area contributed by atoms with Crippen LogP contribution in [-0.4, -0.2) is 14.5 Å². The summed E-state index contributed by atoms with van der Waals surface area (Å²) in [4.78, 5) is 9.56. The third kappa shape index (κ3) is 8.53. The molecule has 0 aliphatic carbocycles. The summed E-state index contributed by atoms with van der Waals surface area (Å²) in [5.74, 6) is -0.895. The first-order chi connectivity index (χ1) is 30.9. The number of hydrogen-bond donors (Lipinski definition) is 0. The van der Waals surface area contributed by atoms with Crippen molar-refractivity contribution in [3.63, 3.8) is 0 Å². The molecule has 0 saturated heterocycles. The maximum atomic E-state index is 8.80. The van der Waals surface area contributed by atoms with Gasteiger partial charge in [0.1, 0.15) is 5.58 Å². The van der Waals surface area contributed by atoms with Crippen molar-refractivity contribution in [3.8, 4) is 39.5 Å². The number of para-hydroxylation sites is 3. The molecule has 7 aromatic carbocycles. The van der Waals surface area contributed by atoms with Gasteiger partial charge in [0.25, 0.3) is 0 Å². The van der Waals surface area contributed by atoms with Gasteiger partial charge in [-0.05, 0) is 98.2 Å². The van der Waals surface area contributed by atoms with E-state index in [4.69, 9.17) is 14.9 Å². The molecule has 10 rings (SSSR count). The van der Waals surface area contributed by atoms with Crippen LogP contribution in [0.1, 0.15) is 82.4 Å². The molecule has 3 aromatic heterocycles. The fraction of sp³-hybridized carbons (Fsp3) is 0.193. The maximum absolute atomic E-state index is 8.80. The predicted molar refractivity (Wildman–Crippen MR) is 255 cm³/mol. The number of hydrogen-bond acceptors (Lipinski definition) is 3. The van der Waals surface area contributed by atoms with E-state index in [0.29, 0.717) is 5.56 Å². The fourth-order valence-corrected chi connectivity index (χ4v) is 8.10. The van der Waals surface area contributed by atoms with Gasteiger partial charge in [0.15, 0.2) is 0 Å². The van der Waals surface area contributed by atoms with Gasteiger partial charge in [-0.15, -0.1) is 54.1 Å². The summed E-state index contributed by atoms with van der Waals surface area (Å²) in [6, 6.07) is 56.7. The molecule has 0 N–H and O–H groups in total. The number of fused-ring (bicyclic) bond motifs is 5. The Morgan fingerprint density at radius 1 is 0.694 bits per heavy atom. The van der Waals surface area contributed by atoms with Gasteiger partial charge in [-0.2, -0.15) is 0 Å². The SMILES string of the molecule is [2H]C(C)(C)c1cccc(C([2H])(C)C)c1-n1c(-c2[c-]cccc2)nc2ccccc21.[2H]C([2H])(c1ccc(-c2ccnc(-c3[c-]ccc4c3oc3cc5ccccc5cc34)c2)cc1)C(C)(C)C.[Ir]. The molecule has 0 amide bonds. The van der Waals surface area contributed by atoms with Crippen LogP contribution in [0.2, 0.25) is 0 Å². The van der Waals surface area contributed by atoms with Crippen LogP contribution in [0.3, 0.4) is 0 Å². The molecule has 62 heavy (non-hydrogen) atoms. The molecule has 311 valence electrons. The zero-order chi connectivity index (χ0) is 45.9. The second-order valence-electron chi connectivity index (χ2n) is 17.0. The van der Waals surface area contributed by atoms with Gasteiger partial charge < -0.3 is 14.0 Å². The molecule has 0 spiro atoms. The van der Waals surface area contributed by atoms with E-state index in [9.17, 15) is 0 Å². The molecule has 0 unspecified atom stereocenters. The van der Waals surface area contributed by atoms with Gasteiger partial charge in [0, 0.05) is 42.9 Å². The second kappa shape index (κ2) is 17.7. The monoisotopic (exact) mass is 990 g/mol. The van der Waals surface area contributed by atoms with Crippen molar-refractivity contribution in [1.82, 2.24) is 14.5 Å². The van der Waals surface area contributed by atoms with Gasteiger partial charge in [-0.3, -0.25) is 4.98 Å². The van der Waals surface area contributed by atoms with Crippen molar-refractivity contribution < 1.29 is 30.0 Å². The molecule has 0 bridgehead atoms. The zero-order valence-corrected chi connectivity index (χ0v) is 38.5. The Hall–Kier alpha value is -6.13. The minimum absolute atomic E-state index is 0. The Bertz CT molecular complexity index is 3320. The first-order valence-electron chi connectivity index (χ1n) is 22.8. The Morgan fingerprint density at radius 3 is 2.08 bits per heavy atom. The van der Waals surface area contributed by atoms with Crippen molar-refractivity contribution in [3.05, 3.63) is 187 Å². The van der Waals surface area contributed by atoms with E-state index in [2.05, 4.69) is 52.0 Å². The first-order valence-corrected chi connectivity index (χ1v) is 20.8. The van der Waals surface area contributed by atoms with Crippen LogP contribution in [0.4, 0.5) is 0 Å². The third-order valence-corrected chi connectivity index (χ3v) is 10.9. The average molecular weight is 990 g/mol.